The smallest absolute Gasteiger partial charge is 0.0147 e. The van der Waals surface area contributed by atoms with Gasteiger partial charge in [0.15, 0.2) is 0 Å². The molecule has 0 fully saturated rings. The fourth-order valence-corrected chi connectivity index (χ4v) is 2.62. The summed E-state index contributed by atoms with van der Waals surface area (Å²) in [7, 11) is 0. The van der Waals surface area contributed by atoms with Crippen LogP contribution in [-0.4, -0.2) is 0 Å². The Morgan fingerprint density at radius 1 is 1.00 bits per heavy atom. The Balaban J connectivity index is 2.55. The lowest BCUT2D eigenvalue weighted by Gasteiger charge is -2.28. The number of benzene rings is 1. The van der Waals surface area contributed by atoms with Gasteiger partial charge in [-0.25, -0.2) is 0 Å². The number of fused-ring (bicyclic) bond motifs is 1. The molecule has 2 rings (SSSR count). The van der Waals surface area contributed by atoms with Gasteiger partial charge >= 0.3 is 0 Å². The van der Waals surface area contributed by atoms with Crippen LogP contribution in [0.25, 0.3) is 6.08 Å². The van der Waals surface area contributed by atoms with E-state index in [4.69, 9.17) is 0 Å². The van der Waals surface area contributed by atoms with E-state index in [-0.39, 0.29) is 10.8 Å². The minimum Gasteiger partial charge on any atom is -0.0616 e. The third kappa shape index (κ3) is 2.18. The molecule has 17 heavy (non-hydrogen) atoms. The second kappa shape index (κ2) is 3.73. The first-order chi connectivity index (χ1) is 7.71. The molecular weight excluding hydrogens is 204 g/mol. The molecule has 1 atom stereocenters. The molecule has 1 aliphatic carbocycles. The van der Waals surface area contributed by atoms with E-state index < -0.39 is 0 Å². The van der Waals surface area contributed by atoms with Crippen molar-refractivity contribution in [3.8, 4) is 0 Å². The van der Waals surface area contributed by atoms with Gasteiger partial charge < -0.3 is 0 Å². The Labute approximate surface area is 106 Å². The lowest BCUT2D eigenvalue weighted by Crippen LogP contribution is -2.17. The molecule has 0 saturated heterocycles. The van der Waals surface area contributed by atoms with Gasteiger partial charge in [0.1, 0.15) is 0 Å². The molecule has 1 aromatic rings. The molecule has 0 heteroatoms. The largest absolute Gasteiger partial charge is 0.0616 e. The first-order valence-corrected chi connectivity index (χ1v) is 6.44. The molecule has 0 heterocycles. The van der Waals surface area contributed by atoms with Gasteiger partial charge in [0.25, 0.3) is 0 Å². The van der Waals surface area contributed by atoms with Crippen molar-refractivity contribution in [3.63, 3.8) is 0 Å². The van der Waals surface area contributed by atoms with Crippen LogP contribution in [0.5, 0.6) is 0 Å². The molecular formula is C17H23. The van der Waals surface area contributed by atoms with Gasteiger partial charge in [0.2, 0.25) is 0 Å². The number of rotatable bonds is 0. The predicted molar refractivity (Wildman–Crippen MR) is 75.0 cm³/mol. The van der Waals surface area contributed by atoms with Crippen molar-refractivity contribution >= 4 is 6.08 Å². The SMILES string of the molecule is CC(C)(C)c1cccc2c1C=[C]C2C(C)(C)C. The number of hydrogen-bond acceptors (Lipinski definition) is 0. The second-order valence-corrected chi connectivity index (χ2v) is 7.17. The van der Waals surface area contributed by atoms with Crippen molar-refractivity contribution < 1.29 is 0 Å². The number of allylic oxidation sites excluding steroid dienone is 1. The van der Waals surface area contributed by atoms with Crippen LogP contribution in [0.1, 0.15) is 64.2 Å². The van der Waals surface area contributed by atoms with E-state index in [0.29, 0.717) is 5.92 Å². The molecule has 0 spiro atoms. The van der Waals surface area contributed by atoms with Crippen LogP contribution in [-0.2, 0) is 5.41 Å². The highest BCUT2D eigenvalue weighted by molar-refractivity contribution is 5.65. The summed E-state index contributed by atoms with van der Waals surface area (Å²) in [5.41, 5.74) is 4.74. The maximum absolute atomic E-state index is 3.55. The highest BCUT2D eigenvalue weighted by Crippen LogP contribution is 2.44. The van der Waals surface area contributed by atoms with E-state index in [1.807, 2.05) is 0 Å². The Bertz CT molecular complexity index is 450. The van der Waals surface area contributed by atoms with E-state index in [2.05, 4.69) is 71.9 Å². The monoisotopic (exact) mass is 227 g/mol. The van der Waals surface area contributed by atoms with Crippen molar-refractivity contribution in [1.29, 1.82) is 0 Å². The van der Waals surface area contributed by atoms with E-state index >= 15 is 0 Å². The standard InChI is InChI=1S/C17H23/c1-16(2,3)14-9-7-8-12-13(14)10-11-15(12)17(4,5)6/h7-10,15H,1-6H3. The highest BCUT2D eigenvalue weighted by Gasteiger charge is 2.31. The van der Waals surface area contributed by atoms with Gasteiger partial charge in [-0.15, -0.1) is 0 Å². The van der Waals surface area contributed by atoms with Crippen LogP contribution in [0.3, 0.4) is 0 Å². The molecule has 0 bridgehead atoms. The number of hydrogen-bond donors (Lipinski definition) is 0. The zero-order valence-corrected chi connectivity index (χ0v) is 11.9. The Morgan fingerprint density at radius 3 is 2.18 bits per heavy atom. The summed E-state index contributed by atoms with van der Waals surface area (Å²) in [6, 6.07) is 6.71. The van der Waals surface area contributed by atoms with Crippen LogP contribution in [0.4, 0.5) is 0 Å². The van der Waals surface area contributed by atoms with Gasteiger partial charge in [-0.05, 0) is 33.6 Å². The summed E-state index contributed by atoms with van der Waals surface area (Å²) >= 11 is 0. The highest BCUT2D eigenvalue weighted by atomic mass is 14.3. The van der Waals surface area contributed by atoms with E-state index in [9.17, 15) is 0 Å². The summed E-state index contributed by atoms with van der Waals surface area (Å²) in [4.78, 5) is 0. The second-order valence-electron chi connectivity index (χ2n) is 7.17. The molecule has 0 amide bonds. The minimum atomic E-state index is 0.205. The maximum atomic E-state index is 3.55. The predicted octanol–water partition coefficient (Wildman–Crippen LogP) is 4.94. The minimum absolute atomic E-state index is 0.205. The van der Waals surface area contributed by atoms with E-state index in [1.165, 1.54) is 16.7 Å². The quantitative estimate of drug-likeness (QED) is 0.588. The van der Waals surface area contributed by atoms with Gasteiger partial charge in [-0.1, -0.05) is 65.8 Å². The van der Waals surface area contributed by atoms with Crippen LogP contribution in [0.2, 0.25) is 0 Å². The molecule has 0 aliphatic heterocycles. The summed E-state index contributed by atoms with van der Waals surface area (Å²) in [6.45, 7) is 13.7. The topological polar surface area (TPSA) is 0 Å². The van der Waals surface area contributed by atoms with Crippen molar-refractivity contribution in [2.24, 2.45) is 5.41 Å². The third-order valence-electron chi connectivity index (χ3n) is 3.52. The molecule has 1 aromatic carbocycles. The van der Waals surface area contributed by atoms with Crippen LogP contribution in [0.15, 0.2) is 18.2 Å². The van der Waals surface area contributed by atoms with Gasteiger partial charge in [-0.3, -0.25) is 0 Å². The first-order valence-electron chi connectivity index (χ1n) is 6.44. The van der Waals surface area contributed by atoms with E-state index in [0.717, 1.165) is 0 Å². The Hall–Kier alpha value is -1.04. The van der Waals surface area contributed by atoms with Gasteiger partial charge in [-0.2, -0.15) is 0 Å². The lowest BCUT2D eigenvalue weighted by atomic mass is 9.76. The molecule has 0 saturated carbocycles. The lowest BCUT2D eigenvalue weighted by molar-refractivity contribution is 0.363. The van der Waals surface area contributed by atoms with Crippen molar-refractivity contribution in [3.05, 3.63) is 41.0 Å². The fraction of sp³-hybridized carbons (Fsp3) is 0.529. The third-order valence-corrected chi connectivity index (χ3v) is 3.52. The Morgan fingerprint density at radius 2 is 1.65 bits per heavy atom. The summed E-state index contributed by atoms with van der Waals surface area (Å²) in [6.07, 6.45) is 5.75. The average molecular weight is 227 g/mol. The zero-order chi connectivity index (χ0) is 12.8. The summed E-state index contributed by atoms with van der Waals surface area (Å²) in [5, 5.41) is 0. The molecule has 1 radical (unpaired) electrons. The van der Waals surface area contributed by atoms with Crippen molar-refractivity contribution in [2.75, 3.05) is 0 Å². The molecule has 91 valence electrons. The van der Waals surface area contributed by atoms with E-state index in [1.54, 1.807) is 0 Å². The van der Waals surface area contributed by atoms with Crippen molar-refractivity contribution in [2.45, 2.75) is 52.9 Å². The van der Waals surface area contributed by atoms with Crippen LogP contribution in [0, 0.1) is 11.5 Å². The normalized spacial score (nSPS) is 19.5. The fourth-order valence-electron chi connectivity index (χ4n) is 2.62. The first kappa shape index (κ1) is 12.4. The average Bonchev–Trinajstić information content (AvgIpc) is 2.57. The van der Waals surface area contributed by atoms with Crippen molar-refractivity contribution in [1.82, 2.24) is 0 Å². The van der Waals surface area contributed by atoms with Crippen LogP contribution < -0.4 is 0 Å². The molecule has 1 unspecified atom stereocenters. The van der Waals surface area contributed by atoms with Gasteiger partial charge in [0, 0.05) is 5.92 Å². The molecule has 0 aromatic heterocycles. The van der Waals surface area contributed by atoms with Gasteiger partial charge in [0.05, 0.1) is 0 Å². The molecule has 0 nitrogen and oxygen atoms in total. The Kier molecular flexibility index (Phi) is 2.72. The molecule has 0 N–H and O–H groups in total. The maximum Gasteiger partial charge on any atom is 0.0147 e. The molecule has 1 aliphatic rings. The van der Waals surface area contributed by atoms with Crippen LogP contribution >= 0.6 is 0 Å². The zero-order valence-electron chi connectivity index (χ0n) is 11.9. The summed E-state index contributed by atoms with van der Waals surface area (Å²) < 4.78 is 0. The summed E-state index contributed by atoms with van der Waals surface area (Å²) in [5.74, 6) is 0.430.